The maximum atomic E-state index is 10.8. The number of hydrogen-bond donors (Lipinski definition) is 0. The molecule has 2 aromatic rings. The number of nitro benzene ring substituents is 1. The number of nitro groups is 1. The van der Waals surface area contributed by atoms with Crippen molar-refractivity contribution in [3.05, 3.63) is 61.7 Å². The third-order valence-electron chi connectivity index (χ3n) is 2.44. The zero-order chi connectivity index (χ0) is 13.8. The Labute approximate surface area is 128 Å². The predicted molar refractivity (Wildman–Crippen MR) is 81.9 cm³/mol. The molecular weight excluding hydrogens is 381 g/mol. The van der Waals surface area contributed by atoms with E-state index in [-0.39, 0.29) is 11.6 Å². The number of nitrogens with zero attached hydrogens (tertiary/aromatic N) is 1. The first kappa shape index (κ1) is 14.1. The largest absolute Gasteiger partial charge is 0.457 e. The van der Waals surface area contributed by atoms with Gasteiger partial charge in [0.2, 0.25) is 0 Å². The van der Waals surface area contributed by atoms with Crippen LogP contribution in [0.4, 0.5) is 5.69 Å². The molecule has 0 N–H and O–H groups in total. The zero-order valence-electron chi connectivity index (χ0n) is 9.68. The third-order valence-corrected chi connectivity index (χ3v) is 3.45. The van der Waals surface area contributed by atoms with Crippen LogP contribution in [0, 0.1) is 13.7 Å². The minimum absolute atomic E-state index is 0.00459. The van der Waals surface area contributed by atoms with Crippen LogP contribution in [0.2, 0.25) is 0 Å². The molecule has 19 heavy (non-hydrogen) atoms. The average molecular weight is 390 g/mol. The summed E-state index contributed by atoms with van der Waals surface area (Å²) in [6.45, 7) is 0. The van der Waals surface area contributed by atoms with E-state index in [1.54, 1.807) is 12.1 Å². The van der Waals surface area contributed by atoms with Crippen molar-refractivity contribution >= 4 is 39.9 Å². The van der Waals surface area contributed by atoms with Gasteiger partial charge in [0.1, 0.15) is 11.5 Å². The van der Waals surface area contributed by atoms with Gasteiger partial charge in [-0.3, -0.25) is 10.1 Å². The second-order valence-corrected chi connectivity index (χ2v) is 5.25. The molecule has 6 heteroatoms. The molecule has 0 aliphatic carbocycles. The lowest BCUT2D eigenvalue weighted by Crippen LogP contribution is -1.94. The second-order valence-electron chi connectivity index (χ2n) is 3.74. The van der Waals surface area contributed by atoms with Crippen molar-refractivity contribution in [1.29, 1.82) is 0 Å². The van der Waals surface area contributed by atoms with E-state index in [9.17, 15) is 10.1 Å². The van der Waals surface area contributed by atoms with Crippen LogP contribution in [0.15, 0.2) is 42.5 Å². The highest BCUT2D eigenvalue weighted by molar-refractivity contribution is 14.1. The first-order valence-corrected chi connectivity index (χ1v) is 6.98. The Bertz CT molecular complexity index is 601. The Morgan fingerprint density at radius 1 is 1.16 bits per heavy atom. The molecule has 0 atom stereocenters. The van der Waals surface area contributed by atoms with Gasteiger partial charge >= 0.3 is 0 Å². The highest BCUT2D eigenvalue weighted by Crippen LogP contribution is 2.28. The van der Waals surface area contributed by atoms with E-state index >= 15 is 0 Å². The molecule has 0 saturated carbocycles. The molecule has 2 aromatic carbocycles. The van der Waals surface area contributed by atoms with Crippen LogP contribution < -0.4 is 4.74 Å². The predicted octanol–water partition coefficient (Wildman–Crippen LogP) is 4.73. The number of rotatable bonds is 4. The fourth-order valence-corrected chi connectivity index (χ4v) is 2.12. The smallest absolute Gasteiger partial charge is 0.274 e. The van der Waals surface area contributed by atoms with E-state index in [1.165, 1.54) is 6.07 Å². The van der Waals surface area contributed by atoms with Crippen molar-refractivity contribution in [3.63, 3.8) is 0 Å². The number of benzene rings is 2. The van der Waals surface area contributed by atoms with Crippen LogP contribution in [0.3, 0.4) is 0 Å². The maximum Gasteiger partial charge on any atom is 0.274 e. The summed E-state index contributed by atoms with van der Waals surface area (Å²) in [6, 6.07) is 12.1. The molecular formula is C13H9ClINO3. The third kappa shape index (κ3) is 3.57. The van der Waals surface area contributed by atoms with Gasteiger partial charge in [0.25, 0.3) is 5.69 Å². The maximum absolute atomic E-state index is 10.8. The topological polar surface area (TPSA) is 52.4 Å². The molecule has 98 valence electrons. The molecule has 0 aromatic heterocycles. The Hall–Kier alpha value is -1.34. The lowest BCUT2D eigenvalue weighted by molar-refractivity contribution is -0.385. The van der Waals surface area contributed by atoms with Crippen molar-refractivity contribution in [2.45, 2.75) is 5.88 Å². The van der Waals surface area contributed by atoms with E-state index in [1.807, 2.05) is 24.3 Å². The fourth-order valence-electron chi connectivity index (χ4n) is 1.55. The molecule has 0 amide bonds. The standard InChI is InChI=1S/C13H9ClINO3/c14-8-9-7-12(5-6-13(9)16(17)18)19-11-3-1-10(15)2-4-11/h1-7H,8H2. The summed E-state index contributed by atoms with van der Waals surface area (Å²) in [5.74, 6) is 1.28. The Morgan fingerprint density at radius 3 is 2.37 bits per heavy atom. The monoisotopic (exact) mass is 389 g/mol. The number of ether oxygens (including phenoxy) is 1. The normalized spacial score (nSPS) is 10.2. The Morgan fingerprint density at radius 2 is 1.79 bits per heavy atom. The minimum Gasteiger partial charge on any atom is -0.457 e. The lowest BCUT2D eigenvalue weighted by atomic mass is 10.2. The van der Waals surface area contributed by atoms with Crippen molar-refractivity contribution in [2.75, 3.05) is 0 Å². The molecule has 0 spiro atoms. The van der Waals surface area contributed by atoms with Gasteiger partial charge in [0.05, 0.1) is 10.8 Å². The summed E-state index contributed by atoms with van der Waals surface area (Å²) >= 11 is 7.91. The van der Waals surface area contributed by atoms with Gasteiger partial charge in [0, 0.05) is 15.2 Å². The van der Waals surface area contributed by atoms with Gasteiger partial charge in [-0.25, -0.2) is 0 Å². The highest BCUT2D eigenvalue weighted by atomic mass is 127. The van der Waals surface area contributed by atoms with Gasteiger partial charge in [-0.05, 0) is 59.0 Å². The Balaban J connectivity index is 2.26. The van der Waals surface area contributed by atoms with E-state index in [4.69, 9.17) is 16.3 Å². The summed E-state index contributed by atoms with van der Waals surface area (Å²) in [6.07, 6.45) is 0. The molecule has 0 heterocycles. The first-order chi connectivity index (χ1) is 9.10. The Kier molecular flexibility index (Phi) is 4.60. The van der Waals surface area contributed by atoms with E-state index in [0.717, 1.165) is 3.57 Å². The van der Waals surface area contributed by atoms with Gasteiger partial charge in [0.15, 0.2) is 0 Å². The number of halogens is 2. The van der Waals surface area contributed by atoms with Crippen LogP contribution >= 0.6 is 34.2 Å². The molecule has 0 aliphatic heterocycles. The van der Waals surface area contributed by atoms with Crippen LogP contribution in [-0.2, 0) is 5.88 Å². The molecule has 2 rings (SSSR count). The molecule has 0 fully saturated rings. The van der Waals surface area contributed by atoms with Crippen LogP contribution in [0.1, 0.15) is 5.56 Å². The molecule has 0 unspecified atom stereocenters. The minimum atomic E-state index is -0.452. The van der Waals surface area contributed by atoms with Crippen molar-refractivity contribution in [2.24, 2.45) is 0 Å². The van der Waals surface area contributed by atoms with Gasteiger partial charge in [-0.15, -0.1) is 11.6 Å². The van der Waals surface area contributed by atoms with Crippen molar-refractivity contribution in [1.82, 2.24) is 0 Å². The fraction of sp³-hybridized carbons (Fsp3) is 0.0769. The highest BCUT2D eigenvalue weighted by Gasteiger charge is 2.13. The molecule has 0 radical (unpaired) electrons. The van der Waals surface area contributed by atoms with E-state index in [2.05, 4.69) is 22.6 Å². The summed E-state index contributed by atoms with van der Waals surface area (Å²) in [4.78, 5) is 10.3. The lowest BCUT2D eigenvalue weighted by Gasteiger charge is -2.07. The summed E-state index contributed by atoms with van der Waals surface area (Å²) in [5.41, 5.74) is 0.444. The van der Waals surface area contributed by atoms with Gasteiger partial charge < -0.3 is 4.74 Å². The summed E-state index contributed by atoms with van der Waals surface area (Å²) in [7, 11) is 0. The van der Waals surface area contributed by atoms with Crippen LogP contribution in [0.25, 0.3) is 0 Å². The molecule has 0 bridgehead atoms. The van der Waals surface area contributed by atoms with E-state index in [0.29, 0.717) is 17.1 Å². The van der Waals surface area contributed by atoms with Crippen LogP contribution in [-0.4, -0.2) is 4.92 Å². The first-order valence-electron chi connectivity index (χ1n) is 5.37. The van der Waals surface area contributed by atoms with Crippen molar-refractivity contribution in [3.8, 4) is 11.5 Å². The van der Waals surface area contributed by atoms with E-state index < -0.39 is 4.92 Å². The SMILES string of the molecule is O=[N+]([O-])c1ccc(Oc2ccc(I)cc2)cc1CCl. The second kappa shape index (κ2) is 6.21. The quantitative estimate of drug-likeness (QED) is 0.329. The number of alkyl halides is 1. The summed E-state index contributed by atoms with van der Waals surface area (Å²) in [5, 5.41) is 10.8. The number of hydrogen-bond acceptors (Lipinski definition) is 3. The molecule has 0 saturated heterocycles. The zero-order valence-corrected chi connectivity index (χ0v) is 12.6. The summed E-state index contributed by atoms with van der Waals surface area (Å²) < 4.78 is 6.73. The molecule has 0 aliphatic rings. The van der Waals surface area contributed by atoms with Crippen molar-refractivity contribution < 1.29 is 9.66 Å². The average Bonchev–Trinajstić information content (AvgIpc) is 2.41. The van der Waals surface area contributed by atoms with Gasteiger partial charge in [-0.1, -0.05) is 0 Å². The van der Waals surface area contributed by atoms with Gasteiger partial charge in [-0.2, -0.15) is 0 Å². The van der Waals surface area contributed by atoms with Crippen LogP contribution in [0.5, 0.6) is 11.5 Å². The molecule has 4 nitrogen and oxygen atoms in total.